The molecule has 140 valence electrons. The topological polar surface area (TPSA) is 74.3 Å². The standard InChI is InChI=1S/C17H26NO6P/c1-5-21-25(20,22-6-2)16-12-17(23-14(4)19)24-18(16)13(3)15-10-8-7-9-11-15/h7-11,13,16-17H,5-6,12H2,1-4H3/t13-,16-,17+/m0/s1. The quantitative estimate of drug-likeness (QED) is 0.507. The third-order valence-corrected chi connectivity index (χ3v) is 6.29. The summed E-state index contributed by atoms with van der Waals surface area (Å²) in [4.78, 5) is 17.1. The third-order valence-electron chi connectivity index (χ3n) is 3.88. The summed E-state index contributed by atoms with van der Waals surface area (Å²) in [6, 6.07) is 9.45. The summed E-state index contributed by atoms with van der Waals surface area (Å²) in [6.07, 6.45) is -0.600. The first-order valence-corrected chi connectivity index (χ1v) is 10.1. The largest absolute Gasteiger partial charge is 0.434 e. The maximum absolute atomic E-state index is 13.3. The van der Waals surface area contributed by atoms with E-state index in [2.05, 4.69) is 0 Å². The SMILES string of the molecule is CCOP(=O)(OCC)[C@H]1C[C@H](OC(C)=O)ON1[C@@H](C)c1ccccc1. The smallest absolute Gasteiger partial charge is 0.350 e. The lowest BCUT2D eigenvalue weighted by Gasteiger charge is -2.32. The van der Waals surface area contributed by atoms with Crippen molar-refractivity contribution in [3.63, 3.8) is 0 Å². The minimum Gasteiger partial charge on any atom is -0.434 e. The van der Waals surface area contributed by atoms with Crippen molar-refractivity contribution >= 4 is 13.6 Å². The molecule has 1 fully saturated rings. The Hall–Kier alpha value is -1.24. The van der Waals surface area contributed by atoms with Crippen LogP contribution in [0.2, 0.25) is 0 Å². The van der Waals surface area contributed by atoms with Crippen LogP contribution in [0.15, 0.2) is 30.3 Å². The number of rotatable bonds is 8. The van der Waals surface area contributed by atoms with Crippen LogP contribution in [0, 0.1) is 0 Å². The van der Waals surface area contributed by atoms with Crippen LogP contribution < -0.4 is 0 Å². The molecule has 1 aromatic rings. The fraction of sp³-hybridized carbons (Fsp3) is 0.588. The molecule has 0 aliphatic carbocycles. The molecule has 1 aromatic carbocycles. The highest BCUT2D eigenvalue weighted by molar-refractivity contribution is 7.54. The summed E-state index contributed by atoms with van der Waals surface area (Å²) < 4.78 is 29.4. The highest BCUT2D eigenvalue weighted by Crippen LogP contribution is 2.59. The second-order valence-electron chi connectivity index (χ2n) is 5.68. The van der Waals surface area contributed by atoms with Crippen molar-refractivity contribution in [1.82, 2.24) is 5.06 Å². The predicted octanol–water partition coefficient (Wildman–Crippen LogP) is 3.87. The van der Waals surface area contributed by atoms with Crippen molar-refractivity contribution in [2.75, 3.05) is 13.2 Å². The van der Waals surface area contributed by atoms with Gasteiger partial charge in [-0.3, -0.25) is 14.2 Å². The molecule has 1 heterocycles. The van der Waals surface area contributed by atoms with Gasteiger partial charge >= 0.3 is 13.6 Å². The molecule has 0 unspecified atom stereocenters. The van der Waals surface area contributed by atoms with Crippen LogP contribution in [-0.4, -0.2) is 36.3 Å². The fourth-order valence-electron chi connectivity index (χ4n) is 2.85. The van der Waals surface area contributed by atoms with Crippen LogP contribution in [0.25, 0.3) is 0 Å². The van der Waals surface area contributed by atoms with Crippen molar-refractivity contribution in [3.05, 3.63) is 35.9 Å². The average Bonchev–Trinajstić information content (AvgIpc) is 2.99. The van der Waals surface area contributed by atoms with Gasteiger partial charge in [0, 0.05) is 13.3 Å². The number of hydrogen-bond donors (Lipinski definition) is 0. The number of hydroxylamine groups is 2. The van der Waals surface area contributed by atoms with E-state index in [4.69, 9.17) is 18.6 Å². The van der Waals surface area contributed by atoms with Gasteiger partial charge in [-0.1, -0.05) is 30.3 Å². The lowest BCUT2D eigenvalue weighted by molar-refractivity contribution is -0.245. The molecule has 0 bridgehead atoms. The molecule has 0 N–H and O–H groups in total. The van der Waals surface area contributed by atoms with Crippen LogP contribution in [0.1, 0.15) is 45.7 Å². The first kappa shape index (κ1) is 20.1. The third kappa shape index (κ3) is 4.90. The number of carbonyl (C=O) groups excluding carboxylic acids is 1. The Morgan fingerprint density at radius 2 is 1.88 bits per heavy atom. The molecule has 3 atom stereocenters. The van der Waals surface area contributed by atoms with Gasteiger partial charge in [-0.05, 0) is 26.3 Å². The predicted molar refractivity (Wildman–Crippen MR) is 92.6 cm³/mol. The molecular formula is C17H26NO6P. The Morgan fingerprint density at radius 3 is 2.40 bits per heavy atom. The van der Waals surface area contributed by atoms with Gasteiger partial charge in [-0.25, -0.2) is 0 Å². The normalized spacial score (nSPS) is 22.7. The molecule has 0 saturated carbocycles. The van der Waals surface area contributed by atoms with Gasteiger partial charge < -0.3 is 13.8 Å². The molecular weight excluding hydrogens is 345 g/mol. The van der Waals surface area contributed by atoms with Gasteiger partial charge in [0.2, 0.25) is 6.29 Å². The molecule has 0 radical (unpaired) electrons. The number of benzene rings is 1. The van der Waals surface area contributed by atoms with E-state index in [0.717, 1.165) is 5.56 Å². The van der Waals surface area contributed by atoms with Gasteiger partial charge in [-0.15, -0.1) is 0 Å². The van der Waals surface area contributed by atoms with Gasteiger partial charge in [0.05, 0.1) is 19.3 Å². The molecule has 8 heteroatoms. The number of nitrogens with zero attached hydrogens (tertiary/aromatic N) is 1. The Morgan fingerprint density at radius 1 is 1.28 bits per heavy atom. The number of ether oxygens (including phenoxy) is 1. The van der Waals surface area contributed by atoms with E-state index in [1.807, 2.05) is 37.3 Å². The van der Waals surface area contributed by atoms with Gasteiger partial charge in [0.25, 0.3) is 0 Å². The van der Waals surface area contributed by atoms with E-state index >= 15 is 0 Å². The first-order valence-electron chi connectivity index (χ1n) is 8.47. The van der Waals surface area contributed by atoms with Gasteiger partial charge in [0.15, 0.2) is 0 Å². The lowest BCUT2D eigenvalue weighted by Crippen LogP contribution is -2.32. The summed E-state index contributed by atoms with van der Waals surface area (Å²) in [5.41, 5.74) is 0.982. The zero-order valence-corrected chi connectivity index (χ0v) is 16.0. The average molecular weight is 371 g/mol. The monoisotopic (exact) mass is 371 g/mol. The van der Waals surface area contributed by atoms with E-state index in [1.54, 1.807) is 18.9 Å². The summed E-state index contributed by atoms with van der Waals surface area (Å²) in [6.45, 7) is 7.26. The molecule has 1 aliphatic heterocycles. The number of carbonyl (C=O) groups is 1. The molecule has 0 amide bonds. The Balaban J connectivity index is 2.31. The summed E-state index contributed by atoms with van der Waals surface area (Å²) >= 11 is 0. The zero-order valence-electron chi connectivity index (χ0n) is 15.1. The second-order valence-corrected chi connectivity index (χ2v) is 7.87. The minimum absolute atomic E-state index is 0.216. The maximum Gasteiger partial charge on any atom is 0.350 e. The van der Waals surface area contributed by atoms with Crippen molar-refractivity contribution < 1.29 is 28.0 Å². The number of hydrogen-bond acceptors (Lipinski definition) is 7. The lowest BCUT2D eigenvalue weighted by atomic mass is 10.1. The zero-order chi connectivity index (χ0) is 18.4. The highest BCUT2D eigenvalue weighted by Gasteiger charge is 2.50. The first-order chi connectivity index (χ1) is 11.9. The number of esters is 1. The van der Waals surface area contributed by atoms with E-state index in [1.165, 1.54) is 6.92 Å². The Kier molecular flexibility index (Phi) is 7.16. The second kappa shape index (κ2) is 8.92. The Labute approximate surface area is 148 Å². The maximum atomic E-state index is 13.3. The molecule has 0 spiro atoms. The molecule has 1 aliphatic rings. The van der Waals surface area contributed by atoms with Crippen LogP contribution in [0.3, 0.4) is 0 Å². The van der Waals surface area contributed by atoms with Crippen molar-refractivity contribution in [2.45, 2.75) is 52.2 Å². The van der Waals surface area contributed by atoms with Gasteiger partial charge in [0.1, 0.15) is 5.78 Å². The van der Waals surface area contributed by atoms with Crippen LogP contribution in [0.4, 0.5) is 0 Å². The molecule has 1 saturated heterocycles. The molecule has 2 rings (SSSR count). The van der Waals surface area contributed by atoms with Crippen LogP contribution in [0.5, 0.6) is 0 Å². The highest BCUT2D eigenvalue weighted by atomic mass is 31.2. The Bertz CT molecular complexity index is 600. The summed E-state index contributed by atoms with van der Waals surface area (Å²) in [5, 5.41) is 1.58. The van der Waals surface area contributed by atoms with E-state index < -0.39 is 25.6 Å². The van der Waals surface area contributed by atoms with E-state index in [9.17, 15) is 9.36 Å². The molecule has 0 aromatic heterocycles. The minimum atomic E-state index is -3.47. The molecule has 7 nitrogen and oxygen atoms in total. The van der Waals surface area contributed by atoms with Crippen molar-refractivity contribution in [3.8, 4) is 0 Å². The molecule has 25 heavy (non-hydrogen) atoms. The summed E-state index contributed by atoms with van der Waals surface area (Å²) in [7, 11) is -3.47. The van der Waals surface area contributed by atoms with Gasteiger partial charge in [-0.2, -0.15) is 5.06 Å². The van der Waals surface area contributed by atoms with E-state index in [-0.39, 0.29) is 25.7 Å². The summed E-state index contributed by atoms with van der Waals surface area (Å²) in [5.74, 6) is -1.12. The fourth-order valence-corrected chi connectivity index (χ4v) is 4.95. The van der Waals surface area contributed by atoms with Crippen LogP contribution in [-0.2, 0) is 28.0 Å². The van der Waals surface area contributed by atoms with E-state index in [0.29, 0.717) is 0 Å². The van der Waals surface area contributed by atoms with Crippen molar-refractivity contribution in [1.29, 1.82) is 0 Å². The van der Waals surface area contributed by atoms with Crippen LogP contribution >= 0.6 is 7.60 Å². The van der Waals surface area contributed by atoms with Crippen molar-refractivity contribution in [2.24, 2.45) is 0 Å².